The maximum atomic E-state index is 12.1. The number of anilines is 1. The quantitative estimate of drug-likeness (QED) is 0.341. The van der Waals surface area contributed by atoms with Crippen LogP contribution in [0.15, 0.2) is 65.8 Å². The summed E-state index contributed by atoms with van der Waals surface area (Å²) in [5.74, 6) is -0.0154. The highest BCUT2D eigenvalue weighted by molar-refractivity contribution is 5.91. The molecule has 3 aromatic carbocycles. The molecule has 0 fully saturated rings. The van der Waals surface area contributed by atoms with Gasteiger partial charge in [0.15, 0.2) is 11.5 Å². The number of nitrogens with one attached hydrogen (secondary N) is 2. The molecule has 0 aromatic heterocycles. The minimum Gasteiger partial charge on any atom is -0.493 e. The van der Waals surface area contributed by atoms with Gasteiger partial charge < -0.3 is 19.9 Å². The average Bonchev–Trinajstić information content (AvgIpc) is 2.80. The SMILES string of the molecule is COc1cc(/C=N/NC(=O)Nc2ccc(C)cc2C)ccc1OCc1cccc(C(=O)O)c1. The van der Waals surface area contributed by atoms with Gasteiger partial charge in [0, 0.05) is 5.69 Å². The lowest BCUT2D eigenvalue weighted by atomic mass is 10.1. The average molecular weight is 447 g/mol. The lowest BCUT2D eigenvalue weighted by molar-refractivity contribution is 0.0696. The number of hydrogen-bond donors (Lipinski definition) is 3. The number of nitrogens with zero attached hydrogens (tertiary/aromatic N) is 1. The number of carboxylic acid groups (broad SMARTS) is 1. The Kier molecular flexibility index (Phi) is 7.64. The van der Waals surface area contributed by atoms with E-state index >= 15 is 0 Å². The Balaban J connectivity index is 1.59. The van der Waals surface area contributed by atoms with Gasteiger partial charge in [-0.2, -0.15) is 5.10 Å². The zero-order valence-corrected chi connectivity index (χ0v) is 18.6. The third kappa shape index (κ3) is 6.57. The van der Waals surface area contributed by atoms with E-state index in [1.807, 2.05) is 32.0 Å². The Morgan fingerprint density at radius 1 is 1.03 bits per heavy atom. The smallest absolute Gasteiger partial charge is 0.339 e. The molecule has 0 saturated carbocycles. The molecular formula is C25H25N3O5. The number of hydrogen-bond acceptors (Lipinski definition) is 5. The van der Waals surface area contributed by atoms with E-state index in [-0.39, 0.29) is 12.2 Å². The van der Waals surface area contributed by atoms with Gasteiger partial charge >= 0.3 is 12.0 Å². The molecule has 8 nitrogen and oxygen atoms in total. The third-order valence-electron chi connectivity index (χ3n) is 4.77. The van der Waals surface area contributed by atoms with E-state index in [1.54, 1.807) is 36.4 Å². The summed E-state index contributed by atoms with van der Waals surface area (Å²) in [6.07, 6.45) is 1.49. The fraction of sp³-hybridized carbons (Fsp3) is 0.160. The van der Waals surface area contributed by atoms with E-state index < -0.39 is 12.0 Å². The number of ether oxygens (including phenoxy) is 2. The second-order valence-electron chi connectivity index (χ2n) is 7.35. The molecule has 0 radical (unpaired) electrons. The number of urea groups is 1. The van der Waals surface area contributed by atoms with Gasteiger partial charge in [-0.1, -0.05) is 29.8 Å². The van der Waals surface area contributed by atoms with Gasteiger partial charge in [-0.05, 0) is 66.9 Å². The molecular weight excluding hydrogens is 422 g/mol. The molecule has 0 bridgehead atoms. The minimum atomic E-state index is -0.991. The molecule has 0 heterocycles. The van der Waals surface area contributed by atoms with E-state index in [1.165, 1.54) is 19.4 Å². The van der Waals surface area contributed by atoms with Crippen molar-refractivity contribution in [3.63, 3.8) is 0 Å². The van der Waals surface area contributed by atoms with Crippen LogP contribution >= 0.6 is 0 Å². The molecule has 2 amide bonds. The van der Waals surface area contributed by atoms with E-state index in [2.05, 4.69) is 15.8 Å². The predicted molar refractivity (Wildman–Crippen MR) is 126 cm³/mol. The summed E-state index contributed by atoms with van der Waals surface area (Å²) in [6.45, 7) is 4.10. The second-order valence-corrected chi connectivity index (χ2v) is 7.35. The number of carboxylic acids is 1. The van der Waals surface area contributed by atoms with Crippen molar-refractivity contribution in [2.24, 2.45) is 5.10 Å². The minimum absolute atomic E-state index is 0.186. The molecule has 0 aliphatic heterocycles. The maximum Gasteiger partial charge on any atom is 0.339 e. The molecule has 0 saturated heterocycles. The molecule has 170 valence electrons. The van der Waals surface area contributed by atoms with Crippen LogP contribution in [0, 0.1) is 13.8 Å². The van der Waals surface area contributed by atoms with Gasteiger partial charge in [0.05, 0.1) is 18.9 Å². The molecule has 3 N–H and O–H groups in total. The van der Waals surface area contributed by atoms with Crippen molar-refractivity contribution in [2.75, 3.05) is 12.4 Å². The number of aromatic carboxylic acids is 1. The molecule has 33 heavy (non-hydrogen) atoms. The van der Waals surface area contributed by atoms with Crippen LogP contribution in [0.1, 0.15) is 32.6 Å². The van der Waals surface area contributed by atoms with E-state index in [0.717, 1.165) is 16.7 Å². The Labute approximate surface area is 191 Å². The summed E-state index contributed by atoms with van der Waals surface area (Å²) in [5, 5.41) is 15.8. The normalized spacial score (nSPS) is 10.6. The number of hydrazone groups is 1. The maximum absolute atomic E-state index is 12.1. The molecule has 0 atom stereocenters. The molecule has 0 aliphatic carbocycles. The molecule has 0 spiro atoms. The zero-order valence-electron chi connectivity index (χ0n) is 18.6. The van der Waals surface area contributed by atoms with Crippen molar-refractivity contribution in [1.29, 1.82) is 0 Å². The summed E-state index contributed by atoms with van der Waals surface area (Å²) in [4.78, 5) is 23.2. The first-order chi connectivity index (χ1) is 15.9. The number of methoxy groups -OCH3 is 1. The van der Waals surface area contributed by atoms with Gasteiger partial charge in [-0.15, -0.1) is 0 Å². The first-order valence-electron chi connectivity index (χ1n) is 10.2. The van der Waals surface area contributed by atoms with Crippen molar-refractivity contribution in [3.05, 3.63) is 88.5 Å². The molecule has 3 aromatic rings. The van der Waals surface area contributed by atoms with Crippen LogP contribution in [0.3, 0.4) is 0 Å². The first-order valence-corrected chi connectivity index (χ1v) is 10.2. The number of carbonyl (C=O) groups is 2. The molecule has 8 heteroatoms. The number of carbonyl (C=O) groups excluding carboxylic acids is 1. The number of benzene rings is 3. The van der Waals surface area contributed by atoms with E-state index in [4.69, 9.17) is 14.6 Å². The van der Waals surface area contributed by atoms with Crippen molar-refractivity contribution in [3.8, 4) is 11.5 Å². The van der Waals surface area contributed by atoms with Crippen LogP contribution in [0.2, 0.25) is 0 Å². The number of aryl methyl sites for hydroxylation is 2. The lowest BCUT2D eigenvalue weighted by Gasteiger charge is -2.12. The standard InChI is InChI=1S/C25H25N3O5/c1-16-7-9-21(17(2)11-16)27-25(31)28-26-14-18-8-10-22(23(13-18)32-3)33-15-19-5-4-6-20(12-19)24(29)30/h4-14H,15H2,1-3H3,(H,29,30)(H2,27,28,31)/b26-14+. The highest BCUT2D eigenvalue weighted by atomic mass is 16.5. The third-order valence-corrected chi connectivity index (χ3v) is 4.77. The highest BCUT2D eigenvalue weighted by Gasteiger charge is 2.08. The zero-order chi connectivity index (χ0) is 23.8. The largest absolute Gasteiger partial charge is 0.493 e. The van der Waals surface area contributed by atoms with Crippen LogP contribution in [0.5, 0.6) is 11.5 Å². The molecule has 3 rings (SSSR count). The van der Waals surface area contributed by atoms with Crippen LogP contribution in [-0.2, 0) is 6.61 Å². The molecule has 0 aliphatic rings. The van der Waals surface area contributed by atoms with Crippen LogP contribution in [-0.4, -0.2) is 30.4 Å². The topological polar surface area (TPSA) is 109 Å². The van der Waals surface area contributed by atoms with Gasteiger partial charge in [-0.3, -0.25) is 0 Å². The van der Waals surface area contributed by atoms with E-state index in [9.17, 15) is 9.59 Å². The summed E-state index contributed by atoms with van der Waals surface area (Å²) >= 11 is 0. The van der Waals surface area contributed by atoms with Crippen LogP contribution in [0.25, 0.3) is 0 Å². The Morgan fingerprint density at radius 3 is 2.58 bits per heavy atom. The van der Waals surface area contributed by atoms with Crippen molar-refractivity contribution in [2.45, 2.75) is 20.5 Å². The van der Waals surface area contributed by atoms with Crippen molar-refractivity contribution < 1.29 is 24.2 Å². The summed E-state index contributed by atoms with van der Waals surface area (Å²) in [5.41, 5.74) is 6.84. The Hall–Kier alpha value is -4.33. The predicted octanol–water partition coefficient (Wildman–Crippen LogP) is 4.74. The van der Waals surface area contributed by atoms with Crippen LogP contribution in [0.4, 0.5) is 10.5 Å². The second kappa shape index (κ2) is 10.8. The van der Waals surface area contributed by atoms with Gasteiger partial charge in [0.25, 0.3) is 0 Å². The monoisotopic (exact) mass is 447 g/mol. The number of amides is 2. The lowest BCUT2D eigenvalue weighted by Crippen LogP contribution is -2.24. The van der Waals surface area contributed by atoms with Gasteiger partial charge in [0.1, 0.15) is 6.61 Å². The highest BCUT2D eigenvalue weighted by Crippen LogP contribution is 2.28. The van der Waals surface area contributed by atoms with Gasteiger partial charge in [0.2, 0.25) is 0 Å². The van der Waals surface area contributed by atoms with Gasteiger partial charge in [-0.25, -0.2) is 15.0 Å². The Bertz CT molecular complexity index is 1190. The fourth-order valence-corrected chi connectivity index (χ4v) is 3.11. The summed E-state index contributed by atoms with van der Waals surface area (Å²) < 4.78 is 11.2. The summed E-state index contributed by atoms with van der Waals surface area (Å²) in [7, 11) is 1.52. The fourth-order valence-electron chi connectivity index (χ4n) is 3.11. The van der Waals surface area contributed by atoms with Crippen molar-refractivity contribution in [1.82, 2.24) is 5.43 Å². The number of rotatable bonds is 8. The van der Waals surface area contributed by atoms with Crippen LogP contribution < -0.4 is 20.2 Å². The summed E-state index contributed by atoms with van der Waals surface area (Å²) in [6, 6.07) is 17.0. The Morgan fingerprint density at radius 2 is 1.85 bits per heavy atom. The van der Waals surface area contributed by atoms with E-state index in [0.29, 0.717) is 22.7 Å². The van der Waals surface area contributed by atoms with Crippen molar-refractivity contribution >= 4 is 23.9 Å². The first kappa shape index (κ1) is 23.3. The molecule has 0 unspecified atom stereocenters.